The normalized spacial score (nSPS) is 10.7. The van der Waals surface area contributed by atoms with Crippen LogP contribution in [0.2, 0.25) is 0 Å². The van der Waals surface area contributed by atoms with Crippen molar-refractivity contribution < 1.29 is 19.0 Å². The van der Waals surface area contributed by atoms with E-state index < -0.39 is 0 Å². The van der Waals surface area contributed by atoms with E-state index in [-0.39, 0.29) is 6.61 Å². The number of hydrogen-bond acceptors (Lipinski definition) is 4. The van der Waals surface area contributed by atoms with Crippen molar-refractivity contribution in [3.63, 3.8) is 0 Å². The van der Waals surface area contributed by atoms with Gasteiger partial charge in [0.1, 0.15) is 24.7 Å². The van der Waals surface area contributed by atoms with E-state index in [1.54, 1.807) is 13.2 Å². The lowest BCUT2D eigenvalue weighted by molar-refractivity contribution is 0.0810. The maximum Gasteiger partial charge on any atom is 0.129 e. The minimum atomic E-state index is -0.0658. The summed E-state index contributed by atoms with van der Waals surface area (Å²) in [7, 11) is 1.67. The summed E-state index contributed by atoms with van der Waals surface area (Å²) >= 11 is 0. The van der Waals surface area contributed by atoms with Crippen molar-refractivity contribution in [2.45, 2.75) is 19.6 Å². The van der Waals surface area contributed by atoms with E-state index in [1.165, 1.54) is 0 Å². The molecule has 0 aromatic carbocycles. The zero-order chi connectivity index (χ0) is 10.2. The molecule has 0 amide bonds. The molecule has 4 heteroatoms. The second-order valence-corrected chi connectivity index (χ2v) is 2.93. The maximum atomic E-state index is 8.74. The Hall–Kier alpha value is -0.840. The first-order chi connectivity index (χ1) is 6.86. The molecule has 0 unspecified atom stereocenters. The van der Waals surface area contributed by atoms with Crippen molar-refractivity contribution in [3.8, 4) is 0 Å². The molecule has 0 aliphatic heterocycles. The van der Waals surface area contributed by atoms with Gasteiger partial charge in [0, 0.05) is 20.3 Å². The van der Waals surface area contributed by atoms with Crippen molar-refractivity contribution >= 4 is 0 Å². The highest BCUT2D eigenvalue weighted by molar-refractivity contribution is 5.05. The number of aliphatic hydroxyl groups is 1. The van der Waals surface area contributed by atoms with E-state index in [1.807, 2.05) is 6.07 Å². The van der Waals surface area contributed by atoms with Crippen LogP contribution in [0.15, 0.2) is 16.5 Å². The Balaban J connectivity index is 2.12. The van der Waals surface area contributed by atoms with Gasteiger partial charge in [-0.3, -0.25) is 0 Å². The molecular weight excluding hydrogens is 184 g/mol. The van der Waals surface area contributed by atoms with Crippen LogP contribution in [0.5, 0.6) is 0 Å². The largest absolute Gasteiger partial charge is 0.461 e. The van der Waals surface area contributed by atoms with E-state index in [0.29, 0.717) is 25.6 Å². The molecule has 14 heavy (non-hydrogen) atoms. The second kappa shape index (κ2) is 6.59. The first kappa shape index (κ1) is 11.2. The van der Waals surface area contributed by atoms with Crippen LogP contribution >= 0.6 is 0 Å². The molecule has 0 saturated heterocycles. The summed E-state index contributed by atoms with van der Waals surface area (Å²) in [4.78, 5) is 0. The summed E-state index contributed by atoms with van der Waals surface area (Å²) in [5.41, 5.74) is 0. The first-order valence-electron chi connectivity index (χ1n) is 4.62. The third-order valence-corrected chi connectivity index (χ3v) is 1.75. The second-order valence-electron chi connectivity index (χ2n) is 2.93. The Labute approximate surface area is 83.4 Å². The number of aliphatic hydroxyl groups excluding tert-OH is 1. The highest BCUT2D eigenvalue weighted by Crippen LogP contribution is 2.08. The molecule has 4 nitrogen and oxygen atoms in total. The Morgan fingerprint density at radius 3 is 2.71 bits per heavy atom. The van der Waals surface area contributed by atoms with Gasteiger partial charge in [-0.05, 0) is 18.6 Å². The topological polar surface area (TPSA) is 51.8 Å². The molecule has 0 saturated carbocycles. The molecule has 1 aromatic rings. The standard InChI is InChI=1S/C10H16O4/c1-12-5-2-6-13-8-10-4-3-9(7-11)14-10/h3-4,11H,2,5-8H2,1H3. The van der Waals surface area contributed by atoms with Crippen LogP contribution in [-0.2, 0) is 22.7 Å². The molecule has 0 atom stereocenters. The van der Waals surface area contributed by atoms with Crippen molar-refractivity contribution in [3.05, 3.63) is 23.7 Å². The van der Waals surface area contributed by atoms with Crippen LogP contribution in [-0.4, -0.2) is 25.4 Å². The van der Waals surface area contributed by atoms with E-state index in [9.17, 15) is 0 Å². The predicted octanol–water partition coefficient (Wildman–Crippen LogP) is 1.32. The predicted molar refractivity (Wildman–Crippen MR) is 50.8 cm³/mol. The van der Waals surface area contributed by atoms with Crippen LogP contribution in [0.3, 0.4) is 0 Å². The van der Waals surface area contributed by atoms with Gasteiger partial charge in [-0.1, -0.05) is 0 Å². The number of methoxy groups -OCH3 is 1. The molecule has 0 aliphatic carbocycles. The summed E-state index contributed by atoms with van der Waals surface area (Å²) in [6.45, 7) is 1.75. The highest BCUT2D eigenvalue weighted by atomic mass is 16.5. The minimum absolute atomic E-state index is 0.0658. The van der Waals surface area contributed by atoms with Gasteiger partial charge >= 0.3 is 0 Å². The van der Waals surface area contributed by atoms with E-state index in [4.69, 9.17) is 19.0 Å². The lowest BCUT2D eigenvalue weighted by Gasteiger charge is -2.01. The Bertz CT molecular complexity index is 244. The van der Waals surface area contributed by atoms with Crippen LogP contribution in [0.1, 0.15) is 17.9 Å². The van der Waals surface area contributed by atoms with Crippen molar-refractivity contribution in [2.24, 2.45) is 0 Å². The van der Waals surface area contributed by atoms with Gasteiger partial charge < -0.3 is 19.0 Å². The quantitative estimate of drug-likeness (QED) is 0.674. The van der Waals surface area contributed by atoms with Gasteiger partial charge in [0.25, 0.3) is 0 Å². The average Bonchev–Trinajstić information content (AvgIpc) is 2.65. The van der Waals surface area contributed by atoms with Gasteiger partial charge in [0.2, 0.25) is 0 Å². The Kier molecular flexibility index (Phi) is 5.29. The van der Waals surface area contributed by atoms with Crippen LogP contribution < -0.4 is 0 Å². The zero-order valence-corrected chi connectivity index (χ0v) is 8.36. The minimum Gasteiger partial charge on any atom is -0.461 e. The van der Waals surface area contributed by atoms with E-state index in [2.05, 4.69) is 0 Å². The maximum absolute atomic E-state index is 8.74. The number of furan rings is 1. The molecule has 0 fully saturated rings. The van der Waals surface area contributed by atoms with Crippen molar-refractivity contribution in [1.82, 2.24) is 0 Å². The Morgan fingerprint density at radius 1 is 1.29 bits per heavy atom. The smallest absolute Gasteiger partial charge is 0.129 e. The lowest BCUT2D eigenvalue weighted by Crippen LogP contribution is -1.98. The lowest BCUT2D eigenvalue weighted by atomic mass is 10.4. The molecule has 0 spiro atoms. The number of ether oxygens (including phenoxy) is 2. The fraction of sp³-hybridized carbons (Fsp3) is 0.600. The number of hydrogen-bond donors (Lipinski definition) is 1. The zero-order valence-electron chi connectivity index (χ0n) is 8.36. The summed E-state index contributed by atoms with van der Waals surface area (Å²) < 4.78 is 15.4. The Morgan fingerprint density at radius 2 is 2.07 bits per heavy atom. The summed E-state index contributed by atoms with van der Waals surface area (Å²) in [5, 5.41) is 8.74. The fourth-order valence-corrected chi connectivity index (χ4v) is 1.06. The molecule has 0 bridgehead atoms. The average molecular weight is 200 g/mol. The van der Waals surface area contributed by atoms with Gasteiger partial charge in [-0.25, -0.2) is 0 Å². The summed E-state index contributed by atoms with van der Waals surface area (Å²) in [6.07, 6.45) is 0.879. The van der Waals surface area contributed by atoms with E-state index in [0.717, 1.165) is 12.2 Å². The third kappa shape index (κ3) is 3.91. The highest BCUT2D eigenvalue weighted by Gasteiger charge is 2.00. The molecular formula is C10H16O4. The molecule has 1 N–H and O–H groups in total. The number of rotatable bonds is 7. The monoisotopic (exact) mass is 200 g/mol. The van der Waals surface area contributed by atoms with Gasteiger partial charge in [0.15, 0.2) is 0 Å². The third-order valence-electron chi connectivity index (χ3n) is 1.75. The van der Waals surface area contributed by atoms with Gasteiger partial charge in [-0.15, -0.1) is 0 Å². The molecule has 1 aromatic heterocycles. The molecule has 1 rings (SSSR count). The fourth-order valence-electron chi connectivity index (χ4n) is 1.06. The van der Waals surface area contributed by atoms with E-state index >= 15 is 0 Å². The van der Waals surface area contributed by atoms with Crippen LogP contribution in [0.25, 0.3) is 0 Å². The van der Waals surface area contributed by atoms with Crippen molar-refractivity contribution in [1.29, 1.82) is 0 Å². The summed E-state index contributed by atoms with van der Waals surface area (Å²) in [5.74, 6) is 1.31. The first-order valence-corrected chi connectivity index (χ1v) is 4.62. The molecule has 80 valence electrons. The van der Waals surface area contributed by atoms with Crippen LogP contribution in [0.4, 0.5) is 0 Å². The molecule has 0 aliphatic rings. The molecule has 0 radical (unpaired) electrons. The van der Waals surface area contributed by atoms with Gasteiger partial charge in [0.05, 0.1) is 0 Å². The molecule has 1 heterocycles. The van der Waals surface area contributed by atoms with Crippen LogP contribution in [0, 0.1) is 0 Å². The van der Waals surface area contributed by atoms with Gasteiger partial charge in [-0.2, -0.15) is 0 Å². The SMILES string of the molecule is COCCCOCc1ccc(CO)o1. The van der Waals surface area contributed by atoms with Crippen molar-refractivity contribution in [2.75, 3.05) is 20.3 Å². The summed E-state index contributed by atoms with van der Waals surface area (Å²) in [6, 6.07) is 3.55.